The highest BCUT2D eigenvalue weighted by Crippen LogP contribution is 2.59. The Morgan fingerprint density at radius 1 is 1.33 bits per heavy atom. The van der Waals surface area contributed by atoms with Gasteiger partial charge in [-0.15, -0.1) is 0 Å². The normalized spacial score (nSPS) is 21.7. The third-order valence-corrected chi connectivity index (χ3v) is 2.69. The summed E-state index contributed by atoms with van der Waals surface area (Å²) in [6.07, 6.45) is 0. The molecular weight excluding hydrogens is 159 g/mol. The van der Waals surface area contributed by atoms with Gasteiger partial charge >= 0.3 is 8.60 Å². The SMILES string of the molecule is CC(C)(C)OP1OSO1. The summed E-state index contributed by atoms with van der Waals surface area (Å²) in [6, 6.07) is 0. The second-order valence-electron chi connectivity index (χ2n) is 2.64. The average Bonchev–Trinajstić information content (AvgIpc) is 1.53. The first-order valence-corrected chi connectivity index (χ1v) is 4.35. The molecule has 1 rings (SSSR count). The zero-order valence-corrected chi connectivity index (χ0v) is 7.29. The Balaban J connectivity index is 2.16. The van der Waals surface area contributed by atoms with Crippen LogP contribution in [-0.4, -0.2) is 5.60 Å². The summed E-state index contributed by atoms with van der Waals surface area (Å²) in [7, 11) is -1.02. The first-order chi connectivity index (χ1) is 4.08. The molecule has 0 aromatic carbocycles. The van der Waals surface area contributed by atoms with E-state index in [0.29, 0.717) is 0 Å². The molecule has 3 nitrogen and oxygen atoms in total. The van der Waals surface area contributed by atoms with E-state index in [4.69, 9.17) is 12.5 Å². The van der Waals surface area contributed by atoms with E-state index in [9.17, 15) is 0 Å². The van der Waals surface area contributed by atoms with Crippen molar-refractivity contribution in [3.8, 4) is 0 Å². The van der Waals surface area contributed by atoms with Crippen LogP contribution in [-0.2, 0) is 12.5 Å². The highest BCUT2D eigenvalue weighted by Gasteiger charge is 2.30. The second kappa shape index (κ2) is 2.72. The summed E-state index contributed by atoms with van der Waals surface area (Å²) >= 11 is 0.990. The molecule has 1 aliphatic rings. The molecule has 1 aliphatic heterocycles. The van der Waals surface area contributed by atoms with Crippen molar-refractivity contribution < 1.29 is 12.5 Å². The fourth-order valence-corrected chi connectivity index (χ4v) is 1.44. The predicted octanol–water partition coefficient (Wildman–Crippen LogP) is 2.64. The van der Waals surface area contributed by atoms with Gasteiger partial charge in [0.05, 0.1) is 5.60 Å². The first-order valence-electron chi connectivity index (χ1n) is 2.59. The molecule has 0 radical (unpaired) electrons. The zero-order valence-electron chi connectivity index (χ0n) is 5.58. The summed E-state index contributed by atoms with van der Waals surface area (Å²) in [5.74, 6) is 0. The third-order valence-electron chi connectivity index (χ3n) is 0.531. The molecule has 1 heterocycles. The largest absolute Gasteiger partial charge is 0.361 e. The maximum Gasteiger partial charge on any atom is 0.361 e. The summed E-state index contributed by atoms with van der Waals surface area (Å²) in [4.78, 5) is 0. The van der Waals surface area contributed by atoms with Crippen molar-refractivity contribution >= 4 is 20.9 Å². The molecule has 1 fully saturated rings. The van der Waals surface area contributed by atoms with E-state index in [-0.39, 0.29) is 5.60 Å². The fourth-order valence-electron chi connectivity index (χ4n) is 0.309. The lowest BCUT2D eigenvalue weighted by molar-refractivity contribution is 0.108. The van der Waals surface area contributed by atoms with Crippen molar-refractivity contribution in [2.24, 2.45) is 0 Å². The van der Waals surface area contributed by atoms with Gasteiger partial charge in [-0.2, -0.15) is 0 Å². The zero-order chi connectivity index (χ0) is 6.91. The summed E-state index contributed by atoms with van der Waals surface area (Å²) in [5.41, 5.74) is -0.160. The molecule has 9 heavy (non-hydrogen) atoms. The van der Waals surface area contributed by atoms with Crippen molar-refractivity contribution in [3.63, 3.8) is 0 Å². The Hall–Kier alpha value is 0.660. The van der Waals surface area contributed by atoms with Crippen LogP contribution in [0.5, 0.6) is 0 Å². The van der Waals surface area contributed by atoms with E-state index in [0.717, 1.165) is 12.3 Å². The summed E-state index contributed by atoms with van der Waals surface area (Å²) < 4.78 is 15.0. The predicted molar refractivity (Wildman–Crippen MR) is 37.5 cm³/mol. The highest BCUT2D eigenvalue weighted by molar-refractivity contribution is 8.01. The molecule has 0 spiro atoms. The van der Waals surface area contributed by atoms with Crippen molar-refractivity contribution in [3.05, 3.63) is 0 Å². The van der Waals surface area contributed by atoms with E-state index in [2.05, 4.69) is 0 Å². The van der Waals surface area contributed by atoms with Crippen LogP contribution in [0.2, 0.25) is 0 Å². The Labute approximate surface area is 60.5 Å². The van der Waals surface area contributed by atoms with Gasteiger partial charge in [-0.05, 0) is 20.8 Å². The van der Waals surface area contributed by atoms with Crippen LogP contribution in [0.4, 0.5) is 0 Å². The van der Waals surface area contributed by atoms with Gasteiger partial charge in [-0.25, -0.2) is 7.94 Å². The summed E-state index contributed by atoms with van der Waals surface area (Å²) in [6.45, 7) is 5.89. The molecule has 0 aromatic rings. The molecule has 0 unspecified atom stereocenters. The van der Waals surface area contributed by atoms with Crippen molar-refractivity contribution in [2.45, 2.75) is 26.4 Å². The minimum absolute atomic E-state index is 0.160. The molecule has 0 bridgehead atoms. The van der Waals surface area contributed by atoms with Gasteiger partial charge in [0, 0.05) is 0 Å². The van der Waals surface area contributed by atoms with Crippen LogP contribution in [0, 0.1) is 0 Å². The van der Waals surface area contributed by atoms with Gasteiger partial charge in [0.2, 0.25) is 0 Å². The Morgan fingerprint density at radius 2 is 1.89 bits per heavy atom. The highest BCUT2D eigenvalue weighted by atomic mass is 32.2. The molecule has 1 saturated heterocycles. The molecule has 0 N–H and O–H groups in total. The van der Waals surface area contributed by atoms with Gasteiger partial charge < -0.3 is 4.52 Å². The van der Waals surface area contributed by atoms with E-state index in [1.165, 1.54) is 0 Å². The maximum atomic E-state index is 5.27. The first kappa shape index (κ1) is 7.76. The lowest BCUT2D eigenvalue weighted by Gasteiger charge is -2.27. The van der Waals surface area contributed by atoms with E-state index < -0.39 is 8.60 Å². The molecule has 0 atom stereocenters. The van der Waals surface area contributed by atoms with E-state index >= 15 is 0 Å². The second-order valence-corrected chi connectivity index (χ2v) is 4.60. The van der Waals surface area contributed by atoms with Crippen molar-refractivity contribution in [1.82, 2.24) is 0 Å². The molecule has 0 aromatic heterocycles. The molecule has 0 amide bonds. The van der Waals surface area contributed by atoms with E-state index in [1.807, 2.05) is 20.8 Å². The Bertz CT molecular complexity index is 98.5. The Morgan fingerprint density at radius 3 is 2.00 bits per heavy atom. The smallest absolute Gasteiger partial charge is 0.305 e. The molecule has 5 heteroatoms. The minimum atomic E-state index is -1.02. The molecular formula is C4H9O3PS. The topological polar surface area (TPSA) is 27.7 Å². The van der Waals surface area contributed by atoms with Gasteiger partial charge in [0.15, 0.2) is 12.3 Å². The van der Waals surface area contributed by atoms with Crippen molar-refractivity contribution in [2.75, 3.05) is 0 Å². The number of rotatable bonds is 1. The fraction of sp³-hybridized carbons (Fsp3) is 1.00. The van der Waals surface area contributed by atoms with Crippen LogP contribution in [0.3, 0.4) is 0 Å². The van der Waals surface area contributed by atoms with Gasteiger partial charge in [0.25, 0.3) is 0 Å². The number of hydrogen-bond acceptors (Lipinski definition) is 4. The van der Waals surface area contributed by atoms with Crippen LogP contribution in [0.1, 0.15) is 20.8 Å². The van der Waals surface area contributed by atoms with Crippen LogP contribution >= 0.6 is 20.9 Å². The monoisotopic (exact) mass is 168 g/mol. The average molecular weight is 168 g/mol. The molecule has 54 valence electrons. The lowest BCUT2D eigenvalue weighted by atomic mass is 10.2. The van der Waals surface area contributed by atoms with Crippen LogP contribution < -0.4 is 0 Å². The van der Waals surface area contributed by atoms with Crippen molar-refractivity contribution in [1.29, 1.82) is 0 Å². The van der Waals surface area contributed by atoms with Gasteiger partial charge in [-0.1, -0.05) is 0 Å². The van der Waals surface area contributed by atoms with Gasteiger partial charge in [0.1, 0.15) is 0 Å². The van der Waals surface area contributed by atoms with Crippen LogP contribution in [0.15, 0.2) is 0 Å². The Kier molecular flexibility index (Phi) is 2.35. The maximum absolute atomic E-state index is 5.27. The minimum Gasteiger partial charge on any atom is -0.305 e. The third kappa shape index (κ3) is 2.83. The lowest BCUT2D eigenvalue weighted by Crippen LogP contribution is -2.17. The number of hydrogen-bond donors (Lipinski definition) is 0. The molecule has 0 aliphatic carbocycles. The van der Waals surface area contributed by atoms with Gasteiger partial charge in [-0.3, -0.25) is 0 Å². The standard InChI is InChI=1S/C4H9O3PS/c1-4(2,3)5-8-6-9-7-8/h1-3H3. The van der Waals surface area contributed by atoms with E-state index in [1.54, 1.807) is 0 Å². The quantitative estimate of drug-likeness (QED) is 0.444. The summed E-state index contributed by atoms with van der Waals surface area (Å²) in [5, 5.41) is 0. The van der Waals surface area contributed by atoms with Crippen LogP contribution in [0.25, 0.3) is 0 Å². The molecule has 0 saturated carbocycles.